The molecule has 1 nitrogen and oxygen atoms in total. The molecule has 0 aromatic heterocycles. The van der Waals surface area contributed by atoms with Gasteiger partial charge in [0.25, 0.3) is 0 Å². The predicted molar refractivity (Wildman–Crippen MR) is 90.3 cm³/mol. The molecule has 0 aromatic carbocycles. The third-order valence-electron chi connectivity index (χ3n) is 3.84. The van der Waals surface area contributed by atoms with Gasteiger partial charge < -0.3 is 4.74 Å². The molecule has 0 aliphatic rings. The average molecular weight is 289 g/mol. The molecule has 0 aliphatic heterocycles. The Hall–Kier alpha value is 0.310. The van der Waals surface area contributed by atoms with Gasteiger partial charge in [-0.25, -0.2) is 0 Å². The molecule has 0 amide bonds. The molecule has 0 saturated heterocycles. The smallest absolute Gasteiger partial charge is 0.0494 e. The van der Waals surface area contributed by atoms with Crippen molar-refractivity contribution in [1.29, 1.82) is 0 Å². The molecule has 0 aliphatic carbocycles. The maximum Gasteiger partial charge on any atom is 0.0494 e. The van der Waals surface area contributed by atoms with Crippen molar-refractivity contribution in [2.75, 3.05) is 19.0 Å². The largest absolute Gasteiger partial charge is 0.381 e. The molecule has 0 spiro atoms. The summed E-state index contributed by atoms with van der Waals surface area (Å²) in [5.41, 5.74) is 0. The fourth-order valence-electron chi connectivity index (χ4n) is 2.35. The molecule has 19 heavy (non-hydrogen) atoms. The lowest BCUT2D eigenvalue weighted by Gasteiger charge is -2.14. The van der Waals surface area contributed by atoms with Gasteiger partial charge in [-0.1, -0.05) is 65.2 Å². The van der Waals surface area contributed by atoms with Crippen LogP contribution in [-0.2, 0) is 4.74 Å². The van der Waals surface area contributed by atoms with E-state index in [4.69, 9.17) is 4.74 Å². The van der Waals surface area contributed by atoms with Crippen molar-refractivity contribution in [2.45, 2.75) is 84.5 Å². The molecule has 0 heterocycles. The zero-order valence-corrected chi connectivity index (χ0v) is 14.2. The lowest BCUT2D eigenvalue weighted by atomic mass is 10.0. The van der Waals surface area contributed by atoms with Gasteiger partial charge in [-0.2, -0.15) is 12.6 Å². The fourth-order valence-corrected chi connectivity index (χ4v) is 2.57. The van der Waals surface area contributed by atoms with Crippen LogP contribution in [0.25, 0.3) is 0 Å². The van der Waals surface area contributed by atoms with Crippen LogP contribution in [0.3, 0.4) is 0 Å². The number of hydrogen-bond acceptors (Lipinski definition) is 2. The van der Waals surface area contributed by atoms with Crippen LogP contribution in [0.2, 0.25) is 0 Å². The molecule has 0 saturated carbocycles. The summed E-state index contributed by atoms with van der Waals surface area (Å²) in [5, 5.41) is 0. The second-order valence-electron chi connectivity index (χ2n) is 5.69. The highest BCUT2D eigenvalue weighted by Crippen LogP contribution is 2.13. The maximum absolute atomic E-state index is 5.82. The Labute approximate surface area is 127 Å². The Balaban J connectivity index is 3.16. The van der Waals surface area contributed by atoms with E-state index in [1.807, 2.05) is 0 Å². The second-order valence-corrected chi connectivity index (χ2v) is 6.14. The monoisotopic (exact) mass is 288 g/mol. The molecule has 0 N–H and O–H groups in total. The number of ether oxygens (including phenoxy) is 1. The predicted octanol–water partition coefficient (Wildman–Crippen LogP) is 5.88. The van der Waals surface area contributed by atoms with Crippen molar-refractivity contribution >= 4 is 12.6 Å². The molecule has 0 aromatic rings. The Bertz CT molecular complexity index is 161. The van der Waals surface area contributed by atoms with Crippen LogP contribution in [0.15, 0.2) is 0 Å². The second kappa shape index (κ2) is 16.4. The van der Waals surface area contributed by atoms with Gasteiger partial charge in [0, 0.05) is 13.2 Å². The number of unbranched alkanes of at least 4 members (excludes halogenated alkanes) is 7. The Kier molecular flexibility index (Phi) is 16.6. The van der Waals surface area contributed by atoms with E-state index >= 15 is 0 Å². The summed E-state index contributed by atoms with van der Waals surface area (Å²) in [5.74, 6) is 1.84. The van der Waals surface area contributed by atoms with Gasteiger partial charge >= 0.3 is 0 Å². The van der Waals surface area contributed by atoms with Gasteiger partial charge in [0.15, 0.2) is 0 Å². The van der Waals surface area contributed by atoms with E-state index in [2.05, 4.69) is 26.5 Å². The van der Waals surface area contributed by atoms with E-state index in [1.54, 1.807) is 0 Å². The first kappa shape index (κ1) is 19.3. The molecule has 0 bridgehead atoms. The van der Waals surface area contributed by atoms with Gasteiger partial charge in [0.1, 0.15) is 0 Å². The zero-order chi connectivity index (χ0) is 14.2. The highest BCUT2D eigenvalue weighted by atomic mass is 32.1. The van der Waals surface area contributed by atoms with E-state index in [0.717, 1.165) is 24.9 Å². The van der Waals surface area contributed by atoms with Crippen molar-refractivity contribution < 1.29 is 4.74 Å². The van der Waals surface area contributed by atoms with Crippen molar-refractivity contribution in [1.82, 2.24) is 0 Å². The molecule has 0 rings (SSSR count). The highest BCUT2D eigenvalue weighted by molar-refractivity contribution is 7.80. The molecule has 0 radical (unpaired) electrons. The summed E-state index contributed by atoms with van der Waals surface area (Å²) >= 11 is 4.23. The summed E-state index contributed by atoms with van der Waals surface area (Å²) in [6.45, 7) is 6.51. The Morgan fingerprint density at radius 1 is 0.842 bits per heavy atom. The summed E-state index contributed by atoms with van der Waals surface area (Å²) in [6.07, 6.45) is 14.7. The van der Waals surface area contributed by atoms with Crippen molar-refractivity contribution in [3.8, 4) is 0 Å². The molecule has 0 fully saturated rings. The van der Waals surface area contributed by atoms with Gasteiger partial charge in [0.2, 0.25) is 0 Å². The van der Waals surface area contributed by atoms with E-state index in [9.17, 15) is 0 Å². The van der Waals surface area contributed by atoms with Gasteiger partial charge in [-0.15, -0.1) is 0 Å². The summed E-state index contributed by atoms with van der Waals surface area (Å²) in [7, 11) is 0. The van der Waals surface area contributed by atoms with E-state index in [1.165, 1.54) is 70.6 Å². The normalized spacial score (nSPS) is 12.8. The minimum absolute atomic E-state index is 0.793. The summed E-state index contributed by atoms with van der Waals surface area (Å²) in [4.78, 5) is 0. The van der Waals surface area contributed by atoms with Crippen molar-refractivity contribution in [2.24, 2.45) is 5.92 Å². The average Bonchev–Trinajstić information content (AvgIpc) is 2.44. The molecule has 116 valence electrons. The Morgan fingerprint density at radius 3 is 2.05 bits per heavy atom. The van der Waals surface area contributed by atoms with Crippen LogP contribution in [0.4, 0.5) is 0 Å². The molecule has 2 heteroatoms. The molecule has 1 atom stereocenters. The minimum Gasteiger partial charge on any atom is -0.381 e. The zero-order valence-electron chi connectivity index (χ0n) is 13.3. The quantitative estimate of drug-likeness (QED) is 0.292. The summed E-state index contributed by atoms with van der Waals surface area (Å²) in [6, 6.07) is 0. The van der Waals surface area contributed by atoms with Gasteiger partial charge in [0.05, 0.1) is 0 Å². The number of rotatable bonds is 15. The van der Waals surface area contributed by atoms with E-state index in [0.29, 0.717) is 0 Å². The minimum atomic E-state index is 0.793. The Morgan fingerprint density at radius 2 is 1.47 bits per heavy atom. The van der Waals surface area contributed by atoms with Gasteiger partial charge in [-0.3, -0.25) is 0 Å². The van der Waals surface area contributed by atoms with Crippen molar-refractivity contribution in [3.63, 3.8) is 0 Å². The first-order valence-electron chi connectivity index (χ1n) is 8.53. The number of thiol groups is 1. The molecular weight excluding hydrogens is 252 g/mol. The first-order valence-corrected chi connectivity index (χ1v) is 9.16. The molecule has 1 unspecified atom stereocenters. The standard InChI is InChI=1S/C17H36OS/c1-3-5-13-17(4-2)16-18-14-11-9-7-6-8-10-12-15-19/h17,19H,3-16H2,1-2H3. The lowest BCUT2D eigenvalue weighted by Crippen LogP contribution is -2.09. The summed E-state index contributed by atoms with van der Waals surface area (Å²) < 4.78 is 5.82. The van der Waals surface area contributed by atoms with Crippen LogP contribution in [-0.4, -0.2) is 19.0 Å². The van der Waals surface area contributed by atoms with Gasteiger partial charge in [-0.05, 0) is 30.9 Å². The lowest BCUT2D eigenvalue weighted by molar-refractivity contribution is 0.0908. The fraction of sp³-hybridized carbons (Fsp3) is 1.00. The maximum atomic E-state index is 5.82. The third kappa shape index (κ3) is 14.5. The van der Waals surface area contributed by atoms with E-state index < -0.39 is 0 Å². The van der Waals surface area contributed by atoms with Crippen LogP contribution < -0.4 is 0 Å². The van der Waals surface area contributed by atoms with E-state index in [-0.39, 0.29) is 0 Å². The first-order chi connectivity index (χ1) is 9.35. The van der Waals surface area contributed by atoms with Crippen LogP contribution >= 0.6 is 12.6 Å². The topological polar surface area (TPSA) is 9.23 Å². The third-order valence-corrected chi connectivity index (χ3v) is 4.16. The van der Waals surface area contributed by atoms with Crippen LogP contribution in [0.5, 0.6) is 0 Å². The van der Waals surface area contributed by atoms with Crippen LogP contribution in [0, 0.1) is 5.92 Å². The SMILES string of the molecule is CCCCC(CC)COCCCCCCCCCS. The van der Waals surface area contributed by atoms with Crippen molar-refractivity contribution in [3.05, 3.63) is 0 Å². The highest BCUT2D eigenvalue weighted by Gasteiger charge is 2.05. The number of hydrogen-bond donors (Lipinski definition) is 1. The van der Waals surface area contributed by atoms with Crippen LogP contribution in [0.1, 0.15) is 84.5 Å². The molecular formula is C17H36OS.